The molecular formula is C12H20. The molecule has 0 aromatic carbocycles. The van der Waals surface area contributed by atoms with Gasteiger partial charge in [0.05, 0.1) is 0 Å². The van der Waals surface area contributed by atoms with Crippen molar-refractivity contribution in [2.24, 2.45) is 23.7 Å². The molecule has 0 radical (unpaired) electrons. The van der Waals surface area contributed by atoms with E-state index in [9.17, 15) is 0 Å². The van der Waals surface area contributed by atoms with Crippen molar-refractivity contribution >= 4 is 0 Å². The number of hydrogen-bond acceptors (Lipinski definition) is 0. The Balaban J connectivity index is 2.14. The van der Waals surface area contributed by atoms with Crippen molar-refractivity contribution in [1.29, 1.82) is 0 Å². The zero-order valence-electron chi connectivity index (χ0n) is 8.51. The van der Waals surface area contributed by atoms with Crippen LogP contribution in [0.5, 0.6) is 0 Å². The summed E-state index contributed by atoms with van der Waals surface area (Å²) in [5, 5.41) is 0. The molecule has 4 atom stereocenters. The molecule has 0 amide bonds. The number of rotatable bonds is 0. The van der Waals surface area contributed by atoms with Gasteiger partial charge in [0, 0.05) is 0 Å². The van der Waals surface area contributed by atoms with Crippen molar-refractivity contribution in [3.8, 4) is 0 Å². The summed E-state index contributed by atoms with van der Waals surface area (Å²) in [6, 6.07) is 0. The molecule has 0 aromatic heterocycles. The monoisotopic (exact) mass is 164 g/mol. The highest BCUT2D eigenvalue weighted by Crippen LogP contribution is 2.46. The van der Waals surface area contributed by atoms with Crippen molar-refractivity contribution in [2.75, 3.05) is 0 Å². The van der Waals surface area contributed by atoms with Crippen molar-refractivity contribution in [3.63, 3.8) is 0 Å². The van der Waals surface area contributed by atoms with Gasteiger partial charge in [-0.2, -0.15) is 0 Å². The van der Waals surface area contributed by atoms with Gasteiger partial charge in [-0.1, -0.05) is 31.9 Å². The molecule has 2 aliphatic rings. The molecule has 0 saturated heterocycles. The van der Waals surface area contributed by atoms with E-state index in [0.29, 0.717) is 0 Å². The highest BCUT2D eigenvalue weighted by Gasteiger charge is 2.36. The molecule has 0 aliphatic heterocycles. The minimum Gasteiger partial charge on any atom is -0.0819 e. The van der Waals surface area contributed by atoms with E-state index < -0.39 is 0 Å². The Morgan fingerprint density at radius 1 is 1.25 bits per heavy atom. The molecule has 2 rings (SSSR count). The Kier molecular flexibility index (Phi) is 2.02. The van der Waals surface area contributed by atoms with Gasteiger partial charge in [0.2, 0.25) is 0 Å². The summed E-state index contributed by atoms with van der Waals surface area (Å²) in [6.45, 7) is 7.16. The maximum atomic E-state index is 2.55. The summed E-state index contributed by atoms with van der Waals surface area (Å²) in [5.41, 5.74) is 1.64. The molecular weight excluding hydrogens is 144 g/mol. The van der Waals surface area contributed by atoms with Crippen LogP contribution in [0.1, 0.15) is 40.0 Å². The summed E-state index contributed by atoms with van der Waals surface area (Å²) < 4.78 is 0. The normalized spacial score (nSPS) is 47.1. The average molecular weight is 164 g/mol. The minimum absolute atomic E-state index is 0.925. The quantitative estimate of drug-likeness (QED) is 0.479. The average Bonchev–Trinajstić information content (AvgIpc) is 2.39. The number of hydrogen-bond donors (Lipinski definition) is 0. The second kappa shape index (κ2) is 2.90. The van der Waals surface area contributed by atoms with Crippen LogP contribution in [0.15, 0.2) is 11.6 Å². The van der Waals surface area contributed by atoms with Gasteiger partial charge in [0.15, 0.2) is 0 Å². The highest BCUT2D eigenvalue weighted by atomic mass is 14.4. The predicted octanol–water partition coefficient (Wildman–Crippen LogP) is 3.63. The zero-order valence-corrected chi connectivity index (χ0v) is 8.51. The van der Waals surface area contributed by atoms with Crippen molar-refractivity contribution in [1.82, 2.24) is 0 Å². The summed E-state index contributed by atoms with van der Waals surface area (Å²) in [6.07, 6.45) is 6.88. The van der Waals surface area contributed by atoms with Gasteiger partial charge >= 0.3 is 0 Å². The van der Waals surface area contributed by atoms with E-state index >= 15 is 0 Å². The van der Waals surface area contributed by atoms with Crippen LogP contribution in [-0.2, 0) is 0 Å². The number of fused-ring (bicyclic) bond motifs is 1. The maximum Gasteiger partial charge on any atom is -0.0171 e. The fourth-order valence-electron chi connectivity index (χ4n) is 3.08. The lowest BCUT2D eigenvalue weighted by Crippen LogP contribution is -2.28. The van der Waals surface area contributed by atoms with E-state index in [1.54, 1.807) is 5.57 Å². The van der Waals surface area contributed by atoms with Crippen LogP contribution in [-0.4, -0.2) is 0 Å². The molecule has 0 heteroatoms. The van der Waals surface area contributed by atoms with Crippen LogP contribution in [0.4, 0.5) is 0 Å². The molecule has 12 heavy (non-hydrogen) atoms. The second-order valence-corrected chi connectivity index (χ2v) is 4.97. The van der Waals surface area contributed by atoms with Gasteiger partial charge < -0.3 is 0 Å². The lowest BCUT2D eigenvalue weighted by atomic mass is 9.69. The van der Waals surface area contributed by atoms with Crippen molar-refractivity contribution in [3.05, 3.63) is 11.6 Å². The van der Waals surface area contributed by atoms with E-state index in [-0.39, 0.29) is 0 Å². The van der Waals surface area contributed by atoms with E-state index in [4.69, 9.17) is 0 Å². The zero-order chi connectivity index (χ0) is 8.72. The van der Waals surface area contributed by atoms with E-state index in [2.05, 4.69) is 26.8 Å². The van der Waals surface area contributed by atoms with Crippen molar-refractivity contribution < 1.29 is 0 Å². The van der Waals surface area contributed by atoms with Crippen molar-refractivity contribution in [2.45, 2.75) is 40.0 Å². The Morgan fingerprint density at radius 3 is 2.75 bits per heavy atom. The van der Waals surface area contributed by atoms with Gasteiger partial charge in [0.1, 0.15) is 0 Å². The van der Waals surface area contributed by atoms with Gasteiger partial charge in [-0.05, 0) is 43.4 Å². The largest absolute Gasteiger partial charge is 0.0819 e. The second-order valence-electron chi connectivity index (χ2n) is 4.97. The standard InChI is InChI=1S/C12H20/c1-8-6-11-5-4-9(2)10(3)12(11)7-8/h7,9-12H,4-6H2,1-3H3. The SMILES string of the molecule is CC1=CC2C(CCC(C)C2C)C1. The number of allylic oxidation sites excluding steroid dienone is 2. The van der Waals surface area contributed by atoms with E-state index in [1.807, 2.05) is 0 Å². The summed E-state index contributed by atoms with van der Waals surface area (Å²) in [7, 11) is 0. The fourth-order valence-corrected chi connectivity index (χ4v) is 3.08. The van der Waals surface area contributed by atoms with Crippen LogP contribution < -0.4 is 0 Å². The van der Waals surface area contributed by atoms with E-state index in [0.717, 1.165) is 23.7 Å². The van der Waals surface area contributed by atoms with Gasteiger partial charge in [-0.25, -0.2) is 0 Å². The van der Waals surface area contributed by atoms with Crippen LogP contribution in [0, 0.1) is 23.7 Å². The Bertz CT molecular complexity index is 202. The maximum absolute atomic E-state index is 2.55. The van der Waals surface area contributed by atoms with Gasteiger partial charge in [0.25, 0.3) is 0 Å². The smallest absolute Gasteiger partial charge is 0.0171 e. The molecule has 0 nitrogen and oxygen atoms in total. The molecule has 0 spiro atoms. The van der Waals surface area contributed by atoms with Crippen LogP contribution in [0.3, 0.4) is 0 Å². The minimum atomic E-state index is 0.925. The molecule has 1 saturated carbocycles. The Hall–Kier alpha value is -0.260. The first-order valence-electron chi connectivity index (χ1n) is 5.36. The van der Waals surface area contributed by atoms with Crippen LogP contribution >= 0.6 is 0 Å². The third-order valence-electron chi connectivity index (χ3n) is 4.10. The lowest BCUT2D eigenvalue weighted by Gasteiger charge is -2.36. The summed E-state index contributed by atoms with van der Waals surface area (Å²) >= 11 is 0. The Labute approximate surface area is 76.1 Å². The first-order chi connectivity index (χ1) is 5.68. The molecule has 0 aromatic rings. The van der Waals surface area contributed by atoms with Crippen LogP contribution in [0.25, 0.3) is 0 Å². The molecule has 4 unspecified atom stereocenters. The third kappa shape index (κ3) is 1.22. The highest BCUT2D eigenvalue weighted by molar-refractivity contribution is 5.13. The summed E-state index contributed by atoms with van der Waals surface area (Å²) in [5.74, 6) is 3.82. The molecule has 0 heterocycles. The van der Waals surface area contributed by atoms with Gasteiger partial charge in [-0.15, -0.1) is 0 Å². The first kappa shape index (κ1) is 8.34. The predicted molar refractivity (Wildman–Crippen MR) is 52.9 cm³/mol. The first-order valence-corrected chi connectivity index (χ1v) is 5.36. The fraction of sp³-hybridized carbons (Fsp3) is 0.833. The third-order valence-corrected chi connectivity index (χ3v) is 4.10. The van der Waals surface area contributed by atoms with Crippen LogP contribution in [0.2, 0.25) is 0 Å². The molecule has 1 fully saturated rings. The Morgan fingerprint density at radius 2 is 2.00 bits per heavy atom. The molecule has 0 bridgehead atoms. The molecule has 2 aliphatic carbocycles. The topological polar surface area (TPSA) is 0 Å². The summed E-state index contributed by atoms with van der Waals surface area (Å²) in [4.78, 5) is 0. The van der Waals surface area contributed by atoms with E-state index in [1.165, 1.54) is 19.3 Å². The molecule has 0 N–H and O–H groups in total. The lowest BCUT2D eigenvalue weighted by molar-refractivity contribution is 0.159. The molecule has 68 valence electrons. The van der Waals surface area contributed by atoms with Gasteiger partial charge in [-0.3, -0.25) is 0 Å².